The third kappa shape index (κ3) is 5.30. The van der Waals surface area contributed by atoms with Crippen molar-refractivity contribution in [2.24, 2.45) is 0 Å². The van der Waals surface area contributed by atoms with Crippen molar-refractivity contribution in [1.82, 2.24) is 0 Å². The minimum Gasteiger partial charge on any atom is -0.455 e. The van der Waals surface area contributed by atoms with Crippen LogP contribution in [0.15, 0.2) is 205 Å². The van der Waals surface area contributed by atoms with E-state index in [1.54, 1.807) is 0 Å². The van der Waals surface area contributed by atoms with Crippen LogP contribution in [0.25, 0.3) is 76.9 Å². The first kappa shape index (κ1) is 30.0. The van der Waals surface area contributed by atoms with Crippen LogP contribution in [0.4, 0.5) is 17.1 Å². The van der Waals surface area contributed by atoms with E-state index in [2.05, 4.69) is 193 Å². The molecule has 0 unspecified atom stereocenters. The number of para-hydroxylation sites is 2. The summed E-state index contributed by atoms with van der Waals surface area (Å²) in [7, 11) is 0. The molecule has 10 rings (SSSR count). The van der Waals surface area contributed by atoms with Gasteiger partial charge in [0.05, 0.1) is 0 Å². The Balaban J connectivity index is 1.07. The number of hydrogen-bond donors (Lipinski definition) is 0. The quantitative estimate of drug-likeness (QED) is 0.176. The van der Waals surface area contributed by atoms with Crippen molar-refractivity contribution in [1.29, 1.82) is 0 Å². The van der Waals surface area contributed by atoms with Crippen molar-refractivity contribution in [3.63, 3.8) is 0 Å². The fourth-order valence-electron chi connectivity index (χ4n) is 7.58. The van der Waals surface area contributed by atoms with E-state index in [1.165, 1.54) is 43.8 Å². The summed E-state index contributed by atoms with van der Waals surface area (Å²) < 4.78 is 6.46. The average molecular weight is 664 g/mol. The second kappa shape index (κ2) is 12.5. The number of benzene rings is 9. The normalized spacial score (nSPS) is 11.5. The summed E-state index contributed by atoms with van der Waals surface area (Å²) in [5.74, 6) is 0. The topological polar surface area (TPSA) is 16.4 Å². The first-order valence-electron chi connectivity index (χ1n) is 17.7. The van der Waals surface area contributed by atoms with E-state index >= 15 is 0 Å². The van der Waals surface area contributed by atoms with Gasteiger partial charge < -0.3 is 9.32 Å². The molecular weight excluding hydrogens is 631 g/mol. The smallest absolute Gasteiger partial charge is 0.143 e. The molecule has 0 saturated carbocycles. The summed E-state index contributed by atoms with van der Waals surface area (Å²) >= 11 is 0. The van der Waals surface area contributed by atoms with Gasteiger partial charge in [-0.05, 0) is 104 Å². The highest BCUT2D eigenvalue weighted by Gasteiger charge is 2.17. The molecule has 0 fully saturated rings. The molecule has 52 heavy (non-hydrogen) atoms. The lowest BCUT2D eigenvalue weighted by Gasteiger charge is -2.26. The van der Waals surface area contributed by atoms with Crippen molar-refractivity contribution in [3.05, 3.63) is 200 Å². The van der Waals surface area contributed by atoms with Crippen LogP contribution < -0.4 is 4.90 Å². The first-order valence-corrected chi connectivity index (χ1v) is 17.7. The van der Waals surface area contributed by atoms with Gasteiger partial charge in [-0.3, -0.25) is 0 Å². The molecule has 0 aliphatic rings. The van der Waals surface area contributed by atoms with Crippen LogP contribution >= 0.6 is 0 Å². The number of nitrogens with zero attached hydrogens (tertiary/aromatic N) is 1. The van der Waals surface area contributed by atoms with E-state index in [4.69, 9.17) is 4.42 Å². The summed E-state index contributed by atoms with van der Waals surface area (Å²) in [6, 6.07) is 71.8. The second-order valence-electron chi connectivity index (χ2n) is 13.4. The Hall–Kier alpha value is -6.90. The maximum atomic E-state index is 6.46. The standard InChI is InChI=1S/C50H33NO/c1-3-11-38-31-40(21-19-34(38)9-1)36-23-27-43(28-24-36)51(44-29-25-37(26-30-44)41-22-20-35-10-2-4-12-39(35)32-41)45-14-7-13-42(33-45)46-16-8-17-48-47-15-5-6-18-49(47)52-50(46)48/h1-33H. The largest absolute Gasteiger partial charge is 0.455 e. The van der Waals surface area contributed by atoms with Gasteiger partial charge in [-0.1, -0.05) is 146 Å². The maximum Gasteiger partial charge on any atom is 0.143 e. The highest BCUT2D eigenvalue weighted by atomic mass is 16.3. The van der Waals surface area contributed by atoms with Gasteiger partial charge in [0.1, 0.15) is 11.2 Å². The van der Waals surface area contributed by atoms with Crippen LogP contribution in [0.2, 0.25) is 0 Å². The first-order chi connectivity index (χ1) is 25.7. The molecule has 0 radical (unpaired) electrons. The van der Waals surface area contributed by atoms with Gasteiger partial charge in [-0.25, -0.2) is 0 Å². The van der Waals surface area contributed by atoms with E-state index in [9.17, 15) is 0 Å². The van der Waals surface area contributed by atoms with Crippen molar-refractivity contribution in [2.75, 3.05) is 4.90 Å². The molecule has 0 aliphatic heterocycles. The Bertz CT molecular complexity index is 2780. The van der Waals surface area contributed by atoms with Crippen LogP contribution in [-0.2, 0) is 0 Å². The number of hydrogen-bond acceptors (Lipinski definition) is 2. The molecule has 0 N–H and O–H groups in total. The van der Waals surface area contributed by atoms with Gasteiger partial charge in [0.15, 0.2) is 0 Å². The monoisotopic (exact) mass is 663 g/mol. The lowest BCUT2D eigenvalue weighted by molar-refractivity contribution is 0.670. The van der Waals surface area contributed by atoms with Gasteiger partial charge in [0, 0.05) is 33.4 Å². The highest BCUT2D eigenvalue weighted by Crippen LogP contribution is 2.41. The van der Waals surface area contributed by atoms with Crippen LogP contribution in [-0.4, -0.2) is 0 Å². The van der Waals surface area contributed by atoms with E-state index in [1.807, 2.05) is 12.1 Å². The van der Waals surface area contributed by atoms with Gasteiger partial charge in [0.25, 0.3) is 0 Å². The van der Waals surface area contributed by atoms with Gasteiger partial charge in [0.2, 0.25) is 0 Å². The molecule has 2 heteroatoms. The molecule has 0 amide bonds. The zero-order chi connectivity index (χ0) is 34.4. The summed E-state index contributed by atoms with van der Waals surface area (Å²) in [5.41, 5.74) is 12.0. The van der Waals surface area contributed by atoms with Gasteiger partial charge >= 0.3 is 0 Å². The molecule has 9 aromatic carbocycles. The third-order valence-electron chi connectivity index (χ3n) is 10.2. The number of anilines is 3. The van der Waals surface area contributed by atoms with Crippen LogP contribution in [0.1, 0.15) is 0 Å². The highest BCUT2D eigenvalue weighted by molar-refractivity contribution is 6.09. The summed E-state index contributed by atoms with van der Waals surface area (Å²) in [4.78, 5) is 2.34. The molecular formula is C50H33NO. The van der Waals surface area contributed by atoms with E-state index in [-0.39, 0.29) is 0 Å². The Morgan fingerprint density at radius 3 is 1.46 bits per heavy atom. The third-order valence-corrected chi connectivity index (χ3v) is 10.2. The van der Waals surface area contributed by atoms with Crippen molar-refractivity contribution in [2.45, 2.75) is 0 Å². The molecule has 0 bridgehead atoms. The number of furan rings is 1. The fourth-order valence-corrected chi connectivity index (χ4v) is 7.58. The van der Waals surface area contributed by atoms with Gasteiger partial charge in [-0.2, -0.15) is 0 Å². The fraction of sp³-hybridized carbons (Fsp3) is 0. The Labute approximate surface area is 302 Å². The summed E-state index contributed by atoms with van der Waals surface area (Å²) in [6.07, 6.45) is 0. The van der Waals surface area contributed by atoms with Crippen molar-refractivity contribution in [3.8, 4) is 33.4 Å². The maximum absolute atomic E-state index is 6.46. The molecule has 0 atom stereocenters. The van der Waals surface area contributed by atoms with E-state index in [0.717, 1.165) is 50.1 Å². The summed E-state index contributed by atoms with van der Waals surface area (Å²) in [6.45, 7) is 0. The zero-order valence-corrected chi connectivity index (χ0v) is 28.4. The minimum absolute atomic E-state index is 0.903. The predicted octanol–water partition coefficient (Wildman–Crippen LogP) is 14.4. The molecule has 1 aromatic heterocycles. The van der Waals surface area contributed by atoms with E-state index < -0.39 is 0 Å². The van der Waals surface area contributed by atoms with Crippen LogP contribution in [0.3, 0.4) is 0 Å². The van der Waals surface area contributed by atoms with E-state index in [0.29, 0.717) is 0 Å². The molecule has 10 aromatic rings. The molecule has 244 valence electrons. The van der Waals surface area contributed by atoms with Gasteiger partial charge in [-0.15, -0.1) is 0 Å². The lowest BCUT2D eigenvalue weighted by atomic mass is 9.99. The van der Waals surface area contributed by atoms with Crippen LogP contribution in [0, 0.1) is 0 Å². The Morgan fingerprint density at radius 2 is 0.827 bits per heavy atom. The Kier molecular flexibility index (Phi) is 7.18. The minimum atomic E-state index is 0.903. The second-order valence-corrected chi connectivity index (χ2v) is 13.4. The molecule has 0 aliphatic carbocycles. The molecule has 2 nitrogen and oxygen atoms in total. The van der Waals surface area contributed by atoms with Crippen molar-refractivity contribution >= 4 is 60.5 Å². The molecule has 0 saturated heterocycles. The van der Waals surface area contributed by atoms with Crippen LogP contribution in [0.5, 0.6) is 0 Å². The molecule has 0 spiro atoms. The SMILES string of the molecule is c1cc(-c2cccc3c2oc2ccccc23)cc(N(c2ccc(-c3ccc4ccccc4c3)cc2)c2ccc(-c3ccc4ccccc4c3)cc2)c1. The lowest BCUT2D eigenvalue weighted by Crippen LogP contribution is -2.10. The zero-order valence-electron chi connectivity index (χ0n) is 28.4. The predicted molar refractivity (Wildman–Crippen MR) is 220 cm³/mol. The number of fused-ring (bicyclic) bond motifs is 5. The Morgan fingerprint density at radius 1 is 0.308 bits per heavy atom. The summed E-state index contributed by atoms with van der Waals surface area (Å²) in [5, 5.41) is 7.25. The molecule has 1 heterocycles. The number of rotatable bonds is 6. The average Bonchev–Trinajstić information content (AvgIpc) is 3.60. The van der Waals surface area contributed by atoms with Crippen molar-refractivity contribution < 1.29 is 4.42 Å².